The first-order chi connectivity index (χ1) is 17.6. The van der Waals surface area contributed by atoms with Crippen LogP contribution in [0.2, 0.25) is 0 Å². The van der Waals surface area contributed by atoms with Gasteiger partial charge in [0.15, 0.2) is 11.2 Å². The Morgan fingerprint density at radius 1 is 1.16 bits per heavy atom. The third kappa shape index (κ3) is 3.94. The van der Waals surface area contributed by atoms with Crippen molar-refractivity contribution in [2.24, 2.45) is 0 Å². The summed E-state index contributed by atoms with van der Waals surface area (Å²) < 4.78 is 41.8. The first-order valence-electron chi connectivity index (χ1n) is 11.9. The van der Waals surface area contributed by atoms with Crippen molar-refractivity contribution in [1.29, 1.82) is 0 Å². The summed E-state index contributed by atoms with van der Waals surface area (Å²) in [7, 11) is -5.20. The lowest BCUT2D eigenvalue weighted by Crippen LogP contribution is -2.11. The van der Waals surface area contributed by atoms with Gasteiger partial charge >= 0.3 is 10.5 Å². The second-order valence-electron chi connectivity index (χ2n) is 9.68. The number of rotatable bonds is 5. The molecule has 7 nitrogen and oxygen atoms in total. The van der Waals surface area contributed by atoms with Gasteiger partial charge in [0.1, 0.15) is 5.65 Å². The van der Waals surface area contributed by atoms with Crippen LogP contribution in [-0.2, 0) is 10.5 Å². The Balaban J connectivity index is 1.70. The van der Waals surface area contributed by atoms with Crippen LogP contribution in [0.4, 0.5) is 3.89 Å². The molecule has 3 aromatic heterocycles. The molecule has 37 heavy (non-hydrogen) atoms. The summed E-state index contributed by atoms with van der Waals surface area (Å²) in [6.45, 7) is 4.02. The van der Waals surface area contributed by atoms with Gasteiger partial charge in [0.05, 0.1) is 17.1 Å². The molecule has 0 saturated heterocycles. The van der Waals surface area contributed by atoms with Crippen molar-refractivity contribution < 1.29 is 16.5 Å². The van der Waals surface area contributed by atoms with E-state index >= 15 is 0 Å². The molecule has 0 bridgehead atoms. The predicted octanol–water partition coefficient (Wildman–Crippen LogP) is 5.73. The van der Waals surface area contributed by atoms with Crippen LogP contribution in [-0.4, -0.2) is 23.0 Å². The fourth-order valence-corrected chi connectivity index (χ4v) is 5.41. The van der Waals surface area contributed by atoms with E-state index in [-0.39, 0.29) is 23.1 Å². The van der Waals surface area contributed by atoms with E-state index in [4.69, 9.17) is 6.42 Å². The highest BCUT2D eigenvalue weighted by molar-refractivity contribution is 7.81. The van der Waals surface area contributed by atoms with Crippen molar-refractivity contribution >= 4 is 43.3 Å². The number of aromatic nitrogens is 3. The Morgan fingerprint density at radius 3 is 2.62 bits per heavy atom. The summed E-state index contributed by atoms with van der Waals surface area (Å²) in [6.07, 6.45) is 10.3. The molecule has 6 rings (SSSR count). The molecule has 1 fully saturated rings. The normalized spacial score (nSPS) is 14.0. The van der Waals surface area contributed by atoms with Crippen LogP contribution in [0.25, 0.3) is 44.0 Å². The van der Waals surface area contributed by atoms with Gasteiger partial charge in [-0.15, -0.1) is 6.42 Å². The molecule has 5 aromatic rings. The summed E-state index contributed by atoms with van der Waals surface area (Å²) in [5, 5.41) is 2.05. The minimum absolute atomic E-state index is 0.0273. The molecule has 1 saturated carbocycles. The molecule has 3 heterocycles. The Hall–Kier alpha value is -4.16. The molecule has 1 aliphatic rings. The van der Waals surface area contributed by atoms with E-state index in [1.54, 1.807) is 6.20 Å². The Morgan fingerprint density at radius 2 is 1.95 bits per heavy atom. The van der Waals surface area contributed by atoms with Crippen LogP contribution in [0.15, 0.2) is 53.6 Å². The monoisotopic (exact) mass is 515 g/mol. The van der Waals surface area contributed by atoms with Gasteiger partial charge in [0, 0.05) is 39.7 Å². The Labute approximate surface area is 212 Å². The lowest BCUT2D eigenvalue weighted by Gasteiger charge is -2.18. The number of aromatic amines is 1. The van der Waals surface area contributed by atoms with Crippen LogP contribution in [0.3, 0.4) is 0 Å². The van der Waals surface area contributed by atoms with Crippen LogP contribution in [0.1, 0.15) is 49.8 Å². The van der Waals surface area contributed by atoms with E-state index in [1.807, 2.05) is 44.2 Å². The third-order valence-electron chi connectivity index (χ3n) is 6.84. The lowest BCUT2D eigenvalue weighted by atomic mass is 9.91. The highest BCUT2D eigenvalue weighted by Gasteiger charge is 2.29. The van der Waals surface area contributed by atoms with Crippen molar-refractivity contribution in [1.82, 2.24) is 14.5 Å². The number of nitrogens with one attached hydrogen (secondary N) is 1. The average Bonchev–Trinajstić information content (AvgIpc) is 3.61. The SMILES string of the molecule is C#Cc1ccc2c(c1)[nH]c1c2c(=O)c2cc(C(C)C)c(-c3cncc(OS(=O)(=O)F)c3)cc2n1C1CC1. The van der Waals surface area contributed by atoms with Gasteiger partial charge in [-0.05, 0) is 60.2 Å². The highest BCUT2D eigenvalue weighted by atomic mass is 32.3. The molecular weight excluding hydrogens is 493 g/mol. The third-order valence-corrected chi connectivity index (χ3v) is 7.23. The van der Waals surface area contributed by atoms with Gasteiger partial charge in [0.2, 0.25) is 0 Å². The summed E-state index contributed by atoms with van der Waals surface area (Å²) >= 11 is 0. The van der Waals surface area contributed by atoms with E-state index in [0.29, 0.717) is 16.3 Å². The number of halogens is 1. The minimum Gasteiger partial charge on any atom is -0.357 e. The van der Waals surface area contributed by atoms with Gasteiger partial charge in [-0.25, -0.2) is 0 Å². The van der Waals surface area contributed by atoms with E-state index in [9.17, 15) is 17.1 Å². The lowest BCUT2D eigenvalue weighted by molar-refractivity contribution is 0.439. The summed E-state index contributed by atoms with van der Waals surface area (Å²) in [5.74, 6) is 2.44. The maximum Gasteiger partial charge on any atom is 0.488 e. The Bertz CT molecular complexity index is 1960. The molecule has 1 aliphatic carbocycles. The van der Waals surface area contributed by atoms with E-state index in [0.717, 1.165) is 57.8 Å². The van der Waals surface area contributed by atoms with Crippen LogP contribution in [0, 0.1) is 12.3 Å². The quantitative estimate of drug-likeness (QED) is 0.238. The van der Waals surface area contributed by atoms with E-state index in [2.05, 4.69) is 24.6 Å². The first-order valence-corrected chi connectivity index (χ1v) is 13.2. The average molecular weight is 516 g/mol. The maximum absolute atomic E-state index is 13.9. The number of nitrogens with zero attached hydrogens (tertiary/aromatic N) is 2. The van der Waals surface area contributed by atoms with Crippen LogP contribution < -0.4 is 9.61 Å². The number of hydrogen-bond acceptors (Lipinski definition) is 5. The molecule has 1 N–H and O–H groups in total. The molecule has 0 radical (unpaired) electrons. The van der Waals surface area contributed by atoms with Gasteiger partial charge in [-0.1, -0.05) is 29.7 Å². The fourth-order valence-electron chi connectivity index (χ4n) is 5.09. The van der Waals surface area contributed by atoms with Gasteiger partial charge in [-0.2, -0.15) is 8.42 Å². The topological polar surface area (TPSA) is 94.1 Å². The standard InChI is InChI=1S/C28H22FN3O4S/c1-4-16-5-8-20-24(9-16)31-28-26(20)27(33)23-11-21(15(2)3)22(12-25(23)32(28)18-6-7-18)17-10-19(14-30-13-17)36-37(29,34)35/h1,5,8-15,18,31H,6-7H2,2-3H3. The second kappa shape index (κ2) is 8.18. The predicted molar refractivity (Wildman–Crippen MR) is 142 cm³/mol. The van der Waals surface area contributed by atoms with Crippen molar-refractivity contribution in [3.05, 3.63) is 70.1 Å². The number of pyridine rings is 2. The van der Waals surface area contributed by atoms with Crippen LogP contribution in [0.5, 0.6) is 5.75 Å². The maximum atomic E-state index is 13.9. The van der Waals surface area contributed by atoms with Crippen molar-refractivity contribution in [3.63, 3.8) is 0 Å². The number of benzene rings is 2. The number of fused-ring (bicyclic) bond motifs is 4. The zero-order valence-electron chi connectivity index (χ0n) is 20.1. The number of terminal acetylenes is 1. The molecular formula is C28H22FN3O4S. The molecule has 0 unspecified atom stereocenters. The number of hydrogen-bond donors (Lipinski definition) is 1. The largest absolute Gasteiger partial charge is 0.488 e. The molecule has 9 heteroatoms. The van der Waals surface area contributed by atoms with Crippen molar-refractivity contribution in [3.8, 4) is 29.2 Å². The molecule has 0 aliphatic heterocycles. The minimum atomic E-state index is -5.20. The van der Waals surface area contributed by atoms with E-state index < -0.39 is 10.5 Å². The fraction of sp³-hybridized carbons (Fsp3) is 0.214. The molecule has 2 aromatic carbocycles. The van der Waals surface area contributed by atoms with Gasteiger partial charge in [0.25, 0.3) is 0 Å². The van der Waals surface area contributed by atoms with E-state index in [1.165, 1.54) is 6.07 Å². The Kier molecular flexibility index (Phi) is 5.14. The number of H-pyrrole nitrogens is 1. The zero-order chi connectivity index (χ0) is 26.1. The van der Waals surface area contributed by atoms with Gasteiger partial charge in [-0.3, -0.25) is 9.78 Å². The summed E-state index contributed by atoms with van der Waals surface area (Å²) in [5.41, 5.74) is 5.14. The molecule has 0 atom stereocenters. The van der Waals surface area contributed by atoms with Crippen LogP contribution >= 0.6 is 0 Å². The van der Waals surface area contributed by atoms with Gasteiger partial charge < -0.3 is 13.7 Å². The molecule has 186 valence electrons. The first kappa shape index (κ1) is 23.3. The highest BCUT2D eigenvalue weighted by Crippen LogP contribution is 2.42. The smallest absolute Gasteiger partial charge is 0.357 e. The molecule has 0 amide bonds. The van der Waals surface area contributed by atoms with Crippen molar-refractivity contribution in [2.75, 3.05) is 0 Å². The summed E-state index contributed by atoms with van der Waals surface area (Å²) in [4.78, 5) is 21.4. The summed E-state index contributed by atoms with van der Waals surface area (Å²) in [6, 6.07) is 11.1. The zero-order valence-corrected chi connectivity index (χ0v) is 20.9. The van der Waals surface area contributed by atoms with Crippen molar-refractivity contribution in [2.45, 2.75) is 38.6 Å². The second-order valence-corrected chi connectivity index (χ2v) is 10.6. The molecule has 0 spiro atoms.